The Morgan fingerprint density at radius 2 is 1.90 bits per heavy atom. The molecule has 0 bridgehead atoms. The van der Waals surface area contributed by atoms with Gasteiger partial charge in [-0.05, 0) is 31.6 Å². The topological polar surface area (TPSA) is 190 Å². The van der Waals surface area contributed by atoms with E-state index in [0.29, 0.717) is 25.1 Å². The van der Waals surface area contributed by atoms with Crippen LogP contribution in [0, 0.1) is 0 Å². The number of H-pyrrole nitrogens is 2. The Balaban J connectivity index is 1.61. The SMILES string of the molecule is Nc1nc(C(O)O)c(CCCCCC2CCNc3nc(=O)[nH]c(CCO)c32)c(=O)[nH]1. The van der Waals surface area contributed by atoms with Crippen molar-refractivity contribution in [1.82, 2.24) is 19.9 Å². The number of nitrogens with one attached hydrogen (secondary N) is 3. The molecule has 1 atom stereocenters. The molecule has 2 aromatic heterocycles. The Morgan fingerprint density at radius 1 is 1.10 bits per heavy atom. The van der Waals surface area contributed by atoms with Gasteiger partial charge in [-0.2, -0.15) is 4.98 Å². The van der Waals surface area contributed by atoms with Crippen LogP contribution in [0.3, 0.4) is 0 Å². The summed E-state index contributed by atoms with van der Waals surface area (Å²) in [6.45, 7) is 0.680. The van der Waals surface area contributed by atoms with E-state index in [1.54, 1.807) is 0 Å². The van der Waals surface area contributed by atoms with Gasteiger partial charge >= 0.3 is 5.69 Å². The van der Waals surface area contributed by atoms with Crippen LogP contribution in [0.4, 0.5) is 11.8 Å². The van der Waals surface area contributed by atoms with Crippen LogP contribution in [0.25, 0.3) is 0 Å². The fraction of sp³-hybridized carbons (Fsp3) is 0.579. The third-order valence-corrected chi connectivity index (χ3v) is 5.40. The molecule has 0 saturated heterocycles. The summed E-state index contributed by atoms with van der Waals surface area (Å²) in [4.78, 5) is 36.8. The summed E-state index contributed by atoms with van der Waals surface area (Å²) in [6, 6.07) is 0. The van der Waals surface area contributed by atoms with E-state index < -0.39 is 17.5 Å². The van der Waals surface area contributed by atoms with Gasteiger partial charge in [0.25, 0.3) is 5.56 Å². The Bertz CT molecular complexity index is 986. The summed E-state index contributed by atoms with van der Waals surface area (Å²) in [5, 5.41) is 31.4. The van der Waals surface area contributed by atoms with Gasteiger partial charge in [-0.3, -0.25) is 9.78 Å². The minimum Gasteiger partial charge on any atom is -0.396 e. The number of aromatic nitrogens is 4. The van der Waals surface area contributed by atoms with Crippen molar-refractivity contribution in [2.24, 2.45) is 0 Å². The summed E-state index contributed by atoms with van der Waals surface area (Å²) in [5.74, 6) is 0.671. The lowest BCUT2D eigenvalue weighted by Gasteiger charge is -2.27. The zero-order valence-electron chi connectivity index (χ0n) is 16.6. The van der Waals surface area contributed by atoms with Crippen molar-refractivity contribution in [3.05, 3.63) is 43.4 Å². The van der Waals surface area contributed by atoms with Gasteiger partial charge in [0.1, 0.15) is 11.5 Å². The van der Waals surface area contributed by atoms with E-state index in [9.17, 15) is 24.9 Å². The lowest BCUT2D eigenvalue weighted by Crippen LogP contribution is -2.26. The van der Waals surface area contributed by atoms with Crippen molar-refractivity contribution < 1.29 is 15.3 Å². The minimum absolute atomic E-state index is 0.0532. The molecule has 0 radical (unpaired) electrons. The highest BCUT2D eigenvalue weighted by molar-refractivity contribution is 5.50. The number of hydrogen-bond donors (Lipinski definition) is 7. The van der Waals surface area contributed by atoms with E-state index in [4.69, 9.17) is 5.73 Å². The van der Waals surface area contributed by atoms with Crippen molar-refractivity contribution in [3.63, 3.8) is 0 Å². The van der Waals surface area contributed by atoms with Gasteiger partial charge in [-0.15, -0.1) is 0 Å². The Kier molecular flexibility index (Phi) is 7.19. The maximum absolute atomic E-state index is 12.1. The standard InChI is InChI=1S/C19H28N6O5/c20-18-23-14(17(28)29)11(16(27)25-18)5-3-1-2-4-10-6-8-21-15-13(10)12(7-9-26)22-19(30)24-15/h10,17,26,28-29H,1-9H2,(H3,20,23,25,27)(H2,21,22,24,30). The number of nitrogen functional groups attached to an aromatic ring is 1. The molecule has 30 heavy (non-hydrogen) atoms. The third-order valence-electron chi connectivity index (χ3n) is 5.40. The number of nitrogens with zero attached hydrogens (tertiary/aromatic N) is 2. The van der Waals surface area contributed by atoms with E-state index in [2.05, 4.69) is 25.3 Å². The van der Waals surface area contributed by atoms with Crippen molar-refractivity contribution in [2.45, 2.75) is 57.2 Å². The summed E-state index contributed by atoms with van der Waals surface area (Å²) < 4.78 is 0. The molecular weight excluding hydrogens is 392 g/mol. The van der Waals surface area contributed by atoms with Gasteiger partial charge in [-0.25, -0.2) is 9.78 Å². The largest absolute Gasteiger partial charge is 0.396 e. The number of fused-ring (bicyclic) bond motifs is 1. The van der Waals surface area contributed by atoms with E-state index in [0.717, 1.165) is 43.5 Å². The van der Waals surface area contributed by atoms with Crippen LogP contribution in [0.5, 0.6) is 0 Å². The first-order chi connectivity index (χ1) is 14.4. The lowest BCUT2D eigenvalue weighted by atomic mass is 9.86. The average molecular weight is 420 g/mol. The first-order valence-corrected chi connectivity index (χ1v) is 10.1. The zero-order valence-corrected chi connectivity index (χ0v) is 16.6. The van der Waals surface area contributed by atoms with Gasteiger partial charge in [-0.1, -0.05) is 12.8 Å². The second kappa shape index (κ2) is 9.83. The number of anilines is 2. The van der Waals surface area contributed by atoms with Crippen LogP contribution < -0.4 is 22.3 Å². The molecule has 3 rings (SSSR count). The number of aromatic amines is 2. The van der Waals surface area contributed by atoms with Crippen LogP contribution in [0.2, 0.25) is 0 Å². The monoisotopic (exact) mass is 420 g/mol. The molecule has 3 heterocycles. The summed E-state index contributed by atoms with van der Waals surface area (Å²) in [7, 11) is 0. The normalized spacial score (nSPS) is 15.8. The molecule has 11 heteroatoms. The van der Waals surface area contributed by atoms with Crippen LogP contribution in [-0.2, 0) is 12.8 Å². The Hall–Kier alpha value is -2.76. The van der Waals surface area contributed by atoms with Gasteiger partial charge in [0, 0.05) is 36.4 Å². The van der Waals surface area contributed by atoms with E-state index in [1.807, 2.05) is 0 Å². The predicted molar refractivity (Wildman–Crippen MR) is 110 cm³/mol. The zero-order chi connectivity index (χ0) is 21.7. The maximum atomic E-state index is 12.1. The molecule has 1 aliphatic rings. The molecular formula is C19H28N6O5. The van der Waals surface area contributed by atoms with Gasteiger partial charge in [0.15, 0.2) is 6.29 Å². The lowest BCUT2D eigenvalue weighted by molar-refractivity contribution is -0.0466. The highest BCUT2D eigenvalue weighted by atomic mass is 16.5. The van der Waals surface area contributed by atoms with Gasteiger partial charge in [0.2, 0.25) is 5.95 Å². The second-order valence-corrected chi connectivity index (χ2v) is 7.46. The first kappa shape index (κ1) is 21.9. The van der Waals surface area contributed by atoms with Crippen molar-refractivity contribution >= 4 is 11.8 Å². The van der Waals surface area contributed by atoms with Crippen molar-refractivity contribution in [1.29, 1.82) is 0 Å². The molecule has 0 spiro atoms. The number of hydrogen-bond acceptors (Lipinski definition) is 9. The van der Waals surface area contributed by atoms with Crippen molar-refractivity contribution in [2.75, 3.05) is 24.2 Å². The number of nitrogens with two attached hydrogens (primary N) is 1. The molecule has 2 aromatic rings. The minimum atomic E-state index is -1.85. The third kappa shape index (κ3) is 5.04. The summed E-state index contributed by atoms with van der Waals surface area (Å²) >= 11 is 0. The van der Waals surface area contributed by atoms with Crippen LogP contribution in [0.15, 0.2) is 9.59 Å². The molecule has 0 aromatic carbocycles. The predicted octanol–water partition coefficient (Wildman–Crippen LogP) is -0.344. The molecule has 0 aliphatic carbocycles. The Labute approximate surface area is 172 Å². The highest BCUT2D eigenvalue weighted by Crippen LogP contribution is 2.35. The number of rotatable bonds is 9. The van der Waals surface area contributed by atoms with Crippen LogP contribution in [0.1, 0.15) is 66.8 Å². The van der Waals surface area contributed by atoms with Crippen LogP contribution >= 0.6 is 0 Å². The summed E-state index contributed by atoms with van der Waals surface area (Å²) in [5.41, 5.74) is 6.42. The molecule has 0 amide bonds. The average Bonchev–Trinajstić information content (AvgIpc) is 2.68. The second-order valence-electron chi connectivity index (χ2n) is 7.46. The number of unbranched alkanes of at least 4 members (excludes halogenated alkanes) is 2. The van der Waals surface area contributed by atoms with Gasteiger partial charge in [0.05, 0.1) is 0 Å². The van der Waals surface area contributed by atoms with Crippen molar-refractivity contribution in [3.8, 4) is 0 Å². The fourth-order valence-electron chi connectivity index (χ4n) is 4.07. The fourth-order valence-corrected chi connectivity index (χ4v) is 4.07. The van der Waals surface area contributed by atoms with E-state index in [-0.39, 0.29) is 29.7 Å². The quantitative estimate of drug-likeness (QED) is 0.210. The molecule has 0 fully saturated rings. The smallest absolute Gasteiger partial charge is 0.347 e. The van der Waals surface area contributed by atoms with E-state index >= 15 is 0 Å². The van der Waals surface area contributed by atoms with E-state index in [1.165, 1.54) is 0 Å². The Morgan fingerprint density at radius 3 is 2.63 bits per heavy atom. The maximum Gasteiger partial charge on any atom is 0.347 e. The molecule has 1 unspecified atom stereocenters. The molecule has 1 aliphatic heterocycles. The molecule has 11 nitrogen and oxygen atoms in total. The number of aliphatic hydroxyl groups is 3. The highest BCUT2D eigenvalue weighted by Gasteiger charge is 2.25. The molecule has 8 N–H and O–H groups in total. The first-order valence-electron chi connectivity index (χ1n) is 10.1. The summed E-state index contributed by atoms with van der Waals surface area (Å²) in [6.07, 6.45) is 3.07. The number of aliphatic hydroxyl groups excluding tert-OH is 2. The molecule has 0 saturated carbocycles. The van der Waals surface area contributed by atoms with Gasteiger partial charge < -0.3 is 31.4 Å². The molecule has 164 valence electrons. The van der Waals surface area contributed by atoms with Crippen LogP contribution in [-0.4, -0.2) is 48.4 Å².